The highest BCUT2D eigenvalue weighted by atomic mass is 19.4. The summed E-state index contributed by atoms with van der Waals surface area (Å²) < 4.78 is 75.1. The predicted octanol–water partition coefficient (Wildman–Crippen LogP) is 7.05. The van der Waals surface area contributed by atoms with Gasteiger partial charge in [-0.1, -0.05) is 97.9 Å². The summed E-state index contributed by atoms with van der Waals surface area (Å²) in [5.41, 5.74) is -1.41. The van der Waals surface area contributed by atoms with E-state index < -0.39 is 30.5 Å². The molecule has 0 fully saturated rings. The summed E-state index contributed by atoms with van der Waals surface area (Å²) in [4.78, 5) is 0. The highest BCUT2D eigenvalue weighted by molar-refractivity contribution is 5.15. The van der Waals surface area contributed by atoms with Crippen molar-refractivity contribution in [1.29, 1.82) is 0 Å². The fourth-order valence-electron chi connectivity index (χ4n) is 3.72. The van der Waals surface area contributed by atoms with Gasteiger partial charge in [-0.3, -0.25) is 0 Å². The van der Waals surface area contributed by atoms with Crippen molar-refractivity contribution in [2.45, 2.75) is 57.2 Å². The Bertz CT molecular complexity index is 983. The van der Waals surface area contributed by atoms with Crippen molar-refractivity contribution in [3.05, 3.63) is 108 Å². The molecule has 3 rings (SSSR count). The molecule has 0 heterocycles. The molecule has 0 bridgehead atoms. The van der Waals surface area contributed by atoms with E-state index in [0.717, 1.165) is 18.1 Å². The van der Waals surface area contributed by atoms with Crippen molar-refractivity contribution in [3.8, 4) is 0 Å². The first kappa shape index (κ1) is 26.9. The van der Waals surface area contributed by atoms with E-state index in [0.29, 0.717) is 5.56 Å². The summed E-state index contributed by atoms with van der Waals surface area (Å²) in [6, 6.07) is 26.9. The molecule has 188 valence electrons. The van der Waals surface area contributed by atoms with E-state index in [1.807, 2.05) is 36.4 Å². The molecule has 3 aromatic rings. The molecule has 0 unspecified atom stereocenters. The minimum Gasteiger partial charge on any atom is -0.374 e. The fraction of sp³-hybridized carbons (Fsp3) is 0.357. The van der Waals surface area contributed by atoms with Crippen LogP contribution in [0.4, 0.5) is 17.6 Å². The van der Waals surface area contributed by atoms with Crippen molar-refractivity contribution in [1.82, 2.24) is 0 Å². The molecule has 0 N–H and O–H groups in total. The van der Waals surface area contributed by atoms with E-state index in [4.69, 9.17) is 14.2 Å². The van der Waals surface area contributed by atoms with E-state index in [9.17, 15) is 13.2 Å². The first-order chi connectivity index (χ1) is 16.8. The average Bonchev–Trinajstić information content (AvgIpc) is 2.87. The Morgan fingerprint density at radius 3 is 1.49 bits per heavy atom. The third-order valence-electron chi connectivity index (χ3n) is 5.75. The molecular formula is C28H30F4O3. The van der Waals surface area contributed by atoms with Gasteiger partial charge in [0.1, 0.15) is 12.2 Å². The van der Waals surface area contributed by atoms with Crippen molar-refractivity contribution in [2.75, 3.05) is 6.61 Å². The smallest absolute Gasteiger partial charge is 0.374 e. The third-order valence-corrected chi connectivity index (χ3v) is 5.75. The van der Waals surface area contributed by atoms with Crippen molar-refractivity contribution >= 4 is 0 Å². The lowest BCUT2D eigenvalue weighted by Crippen LogP contribution is -2.57. The molecule has 0 aliphatic rings. The van der Waals surface area contributed by atoms with Crippen LogP contribution in [0.15, 0.2) is 91.0 Å². The number of benzene rings is 3. The van der Waals surface area contributed by atoms with Crippen LogP contribution in [0, 0.1) is 0 Å². The SMILES string of the molecule is CC[C@](F)([C@H](OCc1ccccc1)[C@@H](COCc1ccccc1)OCc1ccccc1)C(F)(F)F. The maximum Gasteiger partial charge on any atom is 0.425 e. The molecule has 0 saturated carbocycles. The Balaban J connectivity index is 1.85. The van der Waals surface area contributed by atoms with Crippen LogP contribution in [0.3, 0.4) is 0 Å². The van der Waals surface area contributed by atoms with Crippen molar-refractivity contribution in [2.24, 2.45) is 0 Å². The lowest BCUT2D eigenvalue weighted by molar-refractivity contribution is -0.289. The summed E-state index contributed by atoms with van der Waals surface area (Å²) in [5, 5.41) is 0. The summed E-state index contributed by atoms with van der Waals surface area (Å²) in [6.45, 7) is 0.823. The number of ether oxygens (including phenoxy) is 3. The lowest BCUT2D eigenvalue weighted by Gasteiger charge is -2.38. The molecule has 3 nitrogen and oxygen atoms in total. The standard InChI is InChI=1S/C28H30F4O3/c1-2-27(29,28(30,31)32)26(35-20-24-16-10-5-11-17-24)25(34-19-23-14-8-4-9-15-23)21-33-18-22-12-6-3-7-13-22/h3-17,25-26H,2,18-21H2,1H3/t25-,26-,27+/m1/s1. The molecule has 0 spiro atoms. The first-order valence-electron chi connectivity index (χ1n) is 11.5. The van der Waals surface area contributed by atoms with Crippen LogP contribution in [0.5, 0.6) is 0 Å². The maximum atomic E-state index is 15.7. The van der Waals surface area contributed by atoms with Gasteiger partial charge >= 0.3 is 6.18 Å². The van der Waals surface area contributed by atoms with Gasteiger partial charge in [0.2, 0.25) is 5.67 Å². The molecule has 35 heavy (non-hydrogen) atoms. The van der Waals surface area contributed by atoms with Crippen LogP contribution in [-0.2, 0) is 34.0 Å². The Morgan fingerprint density at radius 1 is 0.629 bits per heavy atom. The molecule has 0 aliphatic heterocycles. The van der Waals surface area contributed by atoms with Gasteiger partial charge in [-0.05, 0) is 23.1 Å². The quantitative estimate of drug-likeness (QED) is 0.240. The summed E-state index contributed by atoms with van der Waals surface area (Å²) >= 11 is 0. The van der Waals surface area contributed by atoms with E-state index >= 15 is 4.39 Å². The minimum atomic E-state index is -5.16. The van der Waals surface area contributed by atoms with Gasteiger partial charge in [0.05, 0.1) is 26.4 Å². The van der Waals surface area contributed by atoms with E-state index in [1.165, 1.54) is 0 Å². The Hall–Kier alpha value is -2.74. The van der Waals surface area contributed by atoms with Gasteiger partial charge in [-0.15, -0.1) is 0 Å². The molecule has 0 saturated heterocycles. The fourth-order valence-corrected chi connectivity index (χ4v) is 3.72. The van der Waals surface area contributed by atoms with E-state index in [-0.39, 0.29) is 26.4 Å². The second-order valence-corrected chi connectivity index (χ2v) is 8.27. The first-order valence-corrected chi connectivity index (χ1v) is 11.5. The summed E-state index contributed by atoms with van der Waals surface area (Å²) in [5.74, 6) is 0. The molecule has 0 aromatic heterocycles. The van der Waals surface area contributed by atoms with E-state index in [2.05, 4.69) is 0 Å². The highest BCUT2D eigenvalue weighted by Crippen LogP contribution is 2.42. The maximum absolute atomic E-state index is 15.7. The predicted molar refractivity (Wildman–Crippen MR) is 126 cm³/mol. The highest BCUT2D eigenvalue weighted by Gasteiger charge is 2.62. The average molecular weight is 491 g/mol. The molecular weight excluding hydrogens is 460 g/mol. The Labute approximate surface area is 203 Å². The van der Waals surface area contributed by atoms with Crippen LogP contribution >= 0.6 is 0 Å². The molecule has 3 aromatic carbocycles. The molecule has 7 heteroatoms. The van der Waals surface area contributed by atoms with Gasteiger partial charge in [0.15, 0.2) is 0 Å². The van der Waals surface area contributed by atoms with Crippen LogP contribution in [0.25, 0.3) is 0 Å². The van der Waals surface area contributed by atoms with Gasteiger partial charge in [0.25, 0.3) is 0 Å². The number of alkyl halides is 4. The number of hydrogen-bond acceptors (Lipinski definition) is 3. The number of hydrogen-bond donors (Lipinski definition) is 0. The third kappa shape index (κ3) is 7.62. The van der Waals surface area contributed by atoms with Crippen LogP contribution in [0.2, 0.25) is 0 Å². The Kier molecular flexibility index (Phi) is 9.83. The minimum absolute atomic E-state index is 0.0109. The zero-order valence-corrected chi connectivity index (χ0v) is 19.6. The zero-order valence-electron chi connectivity index (χ0n) is 19.6. The Morgan fingerprint density at radius 2 is 1.06 bits per heavy atom. The van der Waals surface area contributed by atoms with Crippen molar-refractivity contribution in [3.63, 3.8) is 0 Å². The van der Waals surface area contributed by atoms with Gasteiger partial charge in [-0.25, -0.2) is 4.39 Å². The summed E-state index contributed by atoms with van der Waals surface area (Å²) in [6.07, 6.45) is -9.22. The molecule has 0 radical (unpaired) electrons. The van der Waals surface area contributed by atoms with Gasteiger partial charge < -0.3 is 14.2 Å². The zero-order chi connectivity index (χ0) is 25.2. The van der Waals surface area contributed by atoms with Gasteiger partial charge in [-0.2, -0.15) is 13.2 Å². The summed E-state index contributed by atoms with van der Waals surface area (Å²) in [7, 11) is 0. The second kappa shape index (κ2) is 12.8. The van der Waals surface area contributed by atoms with Crippen molar-refractivity contribution < 1.29 is 31.8 Å². The van der Waals surface area contributed by atoms with Crippen LogP contribution < -0.4 is 0 Å². The van der Waals surface area contributed by atoms with Crippen LogP contribution in [0.1, 0.15) is 30.0 Å². The largest absolute Gasteiger partial charge is 0.425 e. The molecule has 0 amide bonds. The topological polar surface area (TPSA) is 27.7 Å². The van der Waals surface area contributed by atoms with Gasteiger partial charge in [0, 0.05) is 0 Å². The molecule has 0 aliphatic carbocycles. The van der Waals surface area contributed by atoms with E-state index in [1.54, 1.807) is 54.6 Å². The number of rotatable bonds is 13. The lowest BCUT2D eigenvalue weighted by atomic mass is 9.90. The molecule has 3 atom stereocenters. The number of halogens is 4. The normalized spacial score (nSPS) is 15.3. The monoisotopic (exact) mass is 490 g/mol. The van der Waals surface area contributed by atoms with Crippen LogP contribution in [-0.4, -0.2) is 30.7 Å². The second-order valence-electron chi connectivity index (χ2n) is 8.27.